The molecule has 1 aromatic rings. The van der Waals surface area contributed by atoms with Crippen LogP contribution in [0.2, 0.25) is 0 Å². The fourth-order valence-electron chi connectivity index (χ4n) is 2.07. The molecule has 110 valence electrons. The lowest BCUT2D eigenvalue weighted by Crippen LogP contribution is -2.26. The van der Waals surface area contributed by atoms with Gasteiger partial charge in [0.15, 0.2) is 0 Å². The molecule has 5 nitrogen and oxygen atoms in total. The highest BCUT2D eigenvalue weighted by Crippen LogP contribution is 2.28. The minimum atomic E-state index is -1.10. The molecule has 0 aliphatic rings. The van der Waals surface area contributed by atoms with E-state index in [1.54, 1.807) is 20.1 Å². The molecule has 0 fully saturated rings. The molecule has 20 heavy (non-hydrogen) atoms. The number of halogens is 1. The summed E-state index contributed by atoms with van der Waals surface area (Å²) in [6.45, 7) is 1.75. The fraction of sp³-hybridized carbons (Fsp3) is 0.429. The lowest BCUT2D eigenvalue weighted by Gasteiger charge is -2.19. The van der Waals surface area contributed by atoms with E-state index in [0.717, 1.165) is 10.0 Å². The van der Waals surface area contributed by atoms with E-state index in [2.05, 4.69) is 15.9 Å². The van der Waals surface area contributed by atoms with Gasteiger partial charge in [0.25, 0.3) is 0 Å². The number of carboxylic acid groups (broad SMARTS) is 2. The zero-order valence-electron chi connectivity index (χ0n) is 11.3. The van der Waals surface area contributed by atoms with Crippen LogP contribution < -0.4 is 4.74 Å². The number of ether oxygens (including phenoxy) is 1. The summed E-state index contributed by atoms with van der Waals surface area (Å²) >= 11 is 3.37. The van der Waals surface area contributed by atoms with Gasteiger partial charge in [-0.05, 0) is 46.0 Å². The van der Waals surface area contributed by atoms with Crippen LogP contribution in [0.25, 0.3) is 0 Å². The van der Waals surface area contributed by atoms with E-state index in [-0.39, 0.29) is 12.3 Å². The summed E-state index contributed by atoms with van der Waals surface area (Å²) in [5, 5.41) is 17.9. The van der Waals surface area contributed by atoms with Crippen LogP contribution in [0.15, 0.2) is 22.7 Å². The van der Waals surface area contributed by atoms with E-state index in [9.17, 15) is 9.59 Å². The van der Waals surface area contributed by atoms with Crippen LogP contribution in [0.1, 0.15) is 18.9 Å². The molecular formula is C14H17BrO5. The van der Waals surface area contributed by atoms with E-state index in [4.69, 9.17) is 14.9 Å². The highest BCUT2D eigenvalue weighted by molar-refractivity contribution is 9.10. The van der Waals surface area contributed by atoms with E-state index in [1.165, 1.54) is 0 Å². The Hall–Kier alpha value is -1.56. The van der Waals surface area contributed by atoms with Gasteiger partial charge in [-0.2, -0.15) is 0 Å². The molecular weight excluding hydrogens is 328 g/mol. The molecule has 2 atom stereocenters. The number of aliphatic carboxylic acids is 2. The first-order valence-electron chi connectivity index (χ1n) is 6.12. The van der Waals surface area contributed by atoms with Crippen LogP contribution in [0.3, 0.4) is 0 Å². The topological polar surface area (TPSA) is 83.8 Å². The smallest absolute Gasteiger partial charge is 0.307 e. The van der Waals surface area contributed by atoms with Crippen LogP contribution in [-0.2, 0) is 16.0 Å². The number of hydrogen-bond donors (Lipinski definition) is 2. The van der Waals surface area contributed by atoms with Gasteiger partial charge in [-0.15, -0.1) is 0 Å². The quantitative estimate of drug-likeness (QED) is 0.794. The molecule has 0 heterocycles. The van der Waals surface area contributed by atoms with Crippen LogP contribution in [0.5, 0.6) is 5.75 Å². The highest BCUT2D eigenvalue weighted by Gasteiger charge is 2.27. The Morgan fingerprint density at radius 3 is 2.45 bits per heavy atom. The summed E-state index contributed by atoms with van der Waals surface area (Å²) in [6.07, 6.45) is 0.126. The molecule has 0 aliphatic heterocycles. The van der Waals surface area contributed by atoms with Gasteiger partial charge < -0.3 is 14.9 Å². The third-order valence-corrected chi connectivity index (χ3v) is 3.79. The molecule has 1 rings (SSSR count). The Labute approximate surface area is 125 Å². The van der Waals surface area contributed by atoms with Gasteiger partial charge in [-0.1, -0.05) is 13.0 Å². The monoisotopic (exact) mass is 344 g/mol. The van der Waals surface area contributed by atoms with Crippen LogP contribution in [0, 0.1) is 11.8 Å². The molecule has 0 aromatic heterocycles. The SMILES string of the molecule is COc1ccc(CC(C)C(CC(=O)O)C(=O)O)cc1Br. The van der Waals surface area contributed by atoms with Gasteiger partial charge in [-0.3, -0.25) is 9.59 Å². The van der Waals surface area contributed by atoms with Crippen molar-refractivity contribution < 1.29 is 24.5 Å². The Morgan fingerprint density at radius 2 is 2.00 bits per heavy atom. The van der Waals surface area contributed by atoms with E-state index in [0.29, 0.717) is 12.2 Å². The molecule has 0 saturated heterocycles. The maximum absolute atomic E-state index is 11.1. The molecule has 2 N–H and O–H groups in total. The Morgan fingerprint density at radius 1 is 1.35 bits per heavy atom. The van der Waals surface area contributed by atoms with E-state index < -0.39 is 17.9 Å². The fourth-order valence-corrected chi connectivity index (χ4v) is 2.66. The first-order chi connectivity index (χ1) is 9.35. The summed E-state index contributed by atoms with van der Waals surface area (Å²) in [7, 11) is 1.57. The van der Waals surface area contributed by atoms with Crippen molar-refractivity contribution in [3.05, 3.63) is 28.2 Å². The standard InChI is InChI=1S/C14H17BrO5/c1-8(10(14(18)19)7-13(16)17)5-9-3-4-12(20-2)11(15)6-9/h3-4,6,8,10H,5,7H2,1-2H3,(H,16,17)(H,18,19). The maximum Gasteiger partial charge on any atom is 0.307 e. The molecule has 0 amide bonds. The van der Waals surface area contributed by atoms with Gasteiger partial charge in [0.2, 0.25) is 0 Å². The van der Waals surface area contributed by atoms with Gasteiger partial charge in [0.1, 0.15) is 5.75 Å². The number of hydrogen-bond acceptors (Lipinski definition) is 3. The average Bonchev–Trinajstić information content (AvgIpc) is 2.35. The molecule has 6 heteroatoms. The Kier molecular flexibility index (Phi) is 6.01. The number of carboxylic acids is 2. The number of rotatable bonds is 7. The van der Waals surface area contributed by atoms with Crippen LogP contribution >= 0.6 is 15.9 Å². The summed E-state index contributed by atoms with van der Waals surface area (Å²) in [6, 6.07) is 5.49. The second kappa shape index (κ2) is 7.28. The largest absolute Gasteiger partial charge is 0.496 e. The third kappa shape index (κ3) is 4.52. The predicted octanol–water partition coefficient (Wildman–Crippen LogP) is 2.81. The lowest BCUT2D eigenvalue weighted by molar-refractivity contribution is -0.150. The zero-order valence-corrected chi connectivity index (χ0v) is 12.9. The number of benzene rings is 1. The van der Waals surface area contributed by atoms with Gasteiger partial charge in [0.05, 0.1) is 23.9 Å². The minimum Gasteiger partial charge on any atom is -0.496 e. The highest BCUT2D eigenvalue weighted by atomic mass is 79.9. The van der Waals surface area contributed by atoms with E-state index in [1.807, 2.05) is 12.1 Å². The number of methoxy groups -OCH3 is 1. The molecule has 2 unspecified atom stereocenters. The summed E-state index contributed by atoms with van der Waals surface area (Å²) < 4.78 is 5.91. The second-order valence-electron chi connectivity index (χ2n) is 4.69. The van der Waals surface area contributed by atoms with Gasteiger partial charge >= 0.3 is 11.9 Å². The Bertz CT molecular complexity index is 500. The van der Waals surface area contributed by atoms with E-state index >= 15 is 0 Å². The first-order valence-corrected chi connectivity index (χ1v) is 6.91. The average molecular weight is 345 g/mol. The first kappa shape index (κ1) is 16.5. The van der Waals surface area contributed by atoms with Crippen molar-refractivity contribution in [2.24, 2.45) is 11.8 Å². The van der Waals surface area contributed by atoms with Crippen LogP contribution in [0.4, 0.5) is 0 Å². The summed E-state index contributed by atoms with van der Waals surface area (Å²) in [5.74, 6) is -2.65. The molecule has 0 radical (unpaired) electrons. The van der Waals surface area contributed by atoms with Crippen molar-refractivity contribution in [2.45, 2.75) is 19.8 Å². The molecule has 0 saturated carbocycles. The van der Waals surface area contributed by atoms with Crippen molar-refractivity contribution in [1.82, 2.24) is 0 Å². The molecule has 0 spiro atoms. The van der Waals surface area contributed by atoms with Crippen molar-refractivity contribution in [3.8, 4) is 5.75 Å². The predicted molar refractivity (Wildman–Crippen MR) is 76.9 cm³/mol. The summed E-state index contributed by atoms with van der Waals surface area (Å²) in [4.78, 5) is 21.9. The van der Waals surface area contributed by atoms with Crippen molar-refractivity contribution in [3.63, 3.8) is 0 Å². The van der Waals surface area contributed by atoms with Crippen LogP contribution in [-0.4, -0.2) is 29.3 Å². The maximum atomic E-state index is 11.1. The third-order valence-electron chi connectivity index (χ3n) is 3.17. The van der Waals surface area contributed by atoms with Gasteiger partial charge in [0, 0.05) is 0 Å². The number of carbonyl (C=O) groups is 2. The minimum absolute atomic E-state index is 0.274. The summed E-state index contributed by atoms with van der Waals surface area (Å²) in [5.41, 5.74) is 0.932. The normalized spacial score (nSPS) is 13.6. The molecule has 1 aromatic carbocycles. The molecule has 0 aliphatic carbocycles. The zero-order chi connectivity index (χ0) is 15.3. The van der Waals surface area contributed by atoms with Crippen molar-refractivity contribution >= 4 is 27.9 Å². The molecule has 0 bridgehead atoms. The second-order valence-corrected chi connectivity index (χ2v) is 5.55. The Balaban J connectivity index is 2.82. The van der Waals surface area contributed by atoms with Crippen molar-refractivity contribution in [1.29, 1.82) is 0 Å². The van der Waals surface area contributed by atoms with Gasteiger partial charge in [-0.25, -0.2) is 0 Å². The lowest BCUT2D eigenvalue weighted by atomic mass is 9.86. The van der Waals surface area contributed by atoms with Crippen molar-refractivity contribution in [2.75, 3.05) is 7.11 Å².